The van der Waals surface area contributed by atoms with Crippen LogP contribution in [0.15, 0.2) is 23.1 Å². The predicted molar refractivity (Wildman–Crippen MR) is 62.9 cm³/mol. The van der Waals surface area contributed by atoms with Crippen LogP contribution in [0.5, 0.6) is 0 Å². The average Bonchev–Trinajstić information content (AvgIpc) is 2.18. The Bertz CT molecular complexity index is 453. The third-order valence-electron chi connectivity index (χ3n) is 1.62. The Labute approximate surface area is 104 Å². The van der Waals surface area contributed by atoms with Gasteiger partial charge in [0.05, 0.1) is 0 Å². The van der Waals surface area contributed by atoms with E-state index in [1.807, 2.05) is 0 Å². The Hall–Kier alpha value is -0.400. The maximum atomic E-state index is 13.2. The highest BCUT2D eigenvalue weighted by Crippen LogP contribution is 2.19. The van der Waals surface area contributed by atoms with Crippen molar-refractivity contribution in [1.82, 2.24) is 4.72 Å². The van der Waals surface area contributed by atoms with E-state index < -0.39 is 20.7 Å². The van der Waals surface area contributed by atoms with Crippen molar-refractivity contribution in [3.05, 3.63) is 29.0 Å². The number of benzene rings is 1. The van der Waals surface area contributed by atoms with E-state index in [0.29, 0.717) is 0 Å². The molecule has 0 heterocycles. The van der Waals surface area contributed by atoms with E-state index in [4.69, 9.17) is 17.3 Å². The van der Waals surface area contributed by atoms with Crippen LogP contribution in [0.4, 0.5) is 4.39 Å². The lowest BCUT2D eigenvalue weighted by Crippen LogP contribution is -2.29. The molecule has 0 saturated heterocycles. The van der Waals surface area contributed by atoms with Gasteiger partial charge in [-0.1, -0.05) is 11.6 Å². The van der Waals surface area contributed by atoms with E-state index in [9.17, 15) is 12.8 Å². The molecule has 0 bridgehead atoms. The molecule has 4 nitrogen and oxygen atoms in total. The van der Waals surface area contributed by atoms with Crippen molar-refractivity contribution in [3.8, 4) is 0 Å². The lowest BCUT2D eigenvalue weighted by Gasteiger charge is -2.06. The second kappa shape index (κ2) is 6.36. The molecule has 0 unspecified atom stereocenters. The molecule has 92 valence electrons. The molecule has 0 aromatic heterocycles. The summed E-state index contributed by atoms with van der Waals surface area (Å²) in [6, 6.07) is 3.33. The first-order valence-corrected chi connectivity index (χ1v) is 5.98. The largest absolute Gasteiger partial charge is 0.329 e. The van der Waals surface area contributed by atoms with Gasteiger partial charge in [0.25, 0.3) is 0 Å². The zero-order valence-corrected chi connectivity index (χ0v) is 10.5. The lowest BCUT2D eigenvalue weighted by molar-refractivity contribution is 0.557. The molecule has 0 spiro atoms. The normalized spacial score (nSPS) is 10.9. The molecule has 8 heteroatoms. The van der Waals surface area contributed by atoms with Gasteiger partial charge in [-0.25, -0.2) is 17.5 Å². The summed E-state index contributed by atoms with van der Waals surface area (Å²) in [6.07, 6.45) is 0. The maximum absolute atomic E-state index is 13.2. The molecule has 0 radical (unpaired) electrons. The fourth-order valence-electron chi connectivity index (χ4n) is 0.954. The molecule has 1 rings (SSSR count). The van der Waals surface area contributed by atoms with E-state index in [2.05, 4.69) is 4.72 Å². The van der Waals surface area contributed by atoms with Crippen LogP contribution in [0.2, 0.25) is 5.02 Å². The van der Waals surface area contributed by atoms with Gasteiger partial charge in [0.15, 0.2) is 0 Å². The van der Waals surface area contributed by atoms with E-state index in [0.717, 1.165) is 12.1 Å². The fourth-order valence-corrected chi connectivity index (χ4v) is 2.34. The quantitative estimate of drug-likeness (QED) is 0.873. The Kier molecular flexibility index (Phi) is 6.20. The molecule has 3 N–H and O–H groups in total. The minimum absolute atomic E-state index is 0. The zero-order chi connectivity index (χ0) is 11.5. The molecule has 0 amide bonds. The minimum Gasteiger partial charge on any atom is -0.329 e. The summed E-state index contributed by atoms with van der Waals surface area (Å²) in [5.74, 6) is -0.844. The molecule has 0 atom stereocenters. The summed E-state index contributed by atoms with van der Waals surface area (Å²) in [5.41, 5.74) is 5.13. The second-order valence-corrected chi connectivity index (χ2v) is 4.93. The van der Waals surface area contributed by atoms with Gasteiger partial charge >= 0.3 is 0 Å². The van der Waals surface area contributed by atoms with Crippen molar-refractivity contribution in [2.75, 3.05) is 13.1 Å². The highest BCUT2D eigenvalue weighted by molar-refractivity contribution is 7.89. The third-order valence-corrected chi connectivity index (χ3v) is 3.33. The number of hydrogen-bond donors (Lipinski definition) is 2. The number of halogens is 3. The molecule has 0 aliphatic heterocycles. The monoisotopic (exact) mass is 288 g/mol. The Balaban J connectivity index is 0.00000225. The van der Waals surface area contributed by atoms with Gasteiger partial charge in [-0.2, -0.15) is 0 Å². The zero-order valence-electron chi connectivity index (χ0n) is 8.11. The highest BCUT2D eigenvalue weighted by atomic mass is 35.5. The van der Waals surface area contributed by atoms with Gasteiger partial charge in [-0.3, -0.25) is 0 Å². The summed E-state index contributed by atoms with van der Waals surface area (Å²) >= 11 is 5.57. The smallest absolute Gasteiger partial charge is 0.243 e. The van der Waals surface area contributed by atoms with Crippen LogP contribution in [0.1, 0.15) is 0 Å². The van der Waals surface area contributed by atoms with E-state index in [1.165, 1.54) is 6.07 Å². The summed E-state index contributed by atoms with van der Waals surface area (Å²) in [7, 11) is -3.87. The Morgan fingerprint density at radius 1 is 1.44 bits per heavy atom. The molecule has 0 saturated carbocycles. The topological polar surface area (TPSA) is 72.2 Å². The number of hydrogen-bond acceptors (Lipinski definition) is 3. The summed E-state index contributed by atoms with van der Waals surface area (Å²) in [5, 5.41) is 0.157. The van der Waals surface area contributed by atoms with Crippen molar-refractivity contribution in [1.29, 1.82) is 0 Å². The van der Waals surface area contributed by atoms with Crippen LogP contribution in [0.3, 0.4) is 0 Å². The number of sulfonamides is 1. The first-order chi connectivity index (χ1) is 6.97. The minimum atomic E-state index is -3.87. The highest BCUT2D eigenvalue weighted by Gasteiger charge is 2.18. The average molecular weight is 289 g/mol. The molecular weight excluding hydrogens is 278 g/mol. The number of rotatable bonds is 4. The first-order valence-electron chi connectivity index (χ1n) is 4.12. The fraction of sp³-hybridized carbons (Fsp3) is 0.250. The molecule has 0 fully saturated rings. The van der Waals surface area contributed by atoms with E-state index in [-0.39, 0.29) is 30.5 Å². The predicted octanol–water partition coefficient (Wildman–Crippen LogP) is 1.14. The third kappa shape index (κ3) is 3.88. The van der Waals surface area contributed by atoms with Crippen LogP contribution >= 0.6 is 24.0 Å². The van der Waals surface area contributed by atoms with Crippen molar-refractivity contribution < 1.29 is 12.8 Å². The number of nitrogens with one attached hydrogen (secondary N) is 1. The molecule has 0 aliphatic carbocycles. The van der Waals surface area contributed by atoms with Gasteiger partial charge in [0.1, 0.15) is 10.7 Å². The molecule has 0 aliphatic rings. The Morgan fingerprint density at radius 3 is 2.62 bits per heavy atom. The van der Waals surface area contributed by atoms with Gasteiger partial charge in [-0.15, -0.1) is 12.4 Å². The van der Waals surface area contributed by atoms with Gasteiger partial charge < -0.3 is 5.73 Å². The van der Waals surface area contributed by atoms with Crippen LogP contribution in [-0.2, 0) is 10.0 Å². The molecular formula is C8H11Cl2FN2O2S. The molecule has 16 heavy (non-hydrogen) atoms. The van der Waals surface area contributed by atoms with Crippen LogP contribution in [0, 0.1) is 5.82 Å². The van der Waals surface area contributed by atoms with E-state index >= 15 is 0 Å². The van der Waals surface area contributed by atoms with Crippen molar-refractivity contribution in [2.24, 2.45) is 5.73 Å². The van der Waals surface area contributed by atoms with Crippen LogP contribution in [-0.4, -0.2) is 21.5 Å². The van der Waals surface area contributed by atoms with Gasteiger partial charge in [0.2, 0.25) is 10.0 Å². The van der Waals surface area contributed by atoms with E-state index in [1.54, 1.807) is 0 Å². The molecule has 1 aromatic carbocycles. The summed E-state index contributed by atoms with van der Waals surface area (Å²) in [6.45, 7) is 0.190. The van der Waals surface area contributed by atoms with Crippen molar-refractivity contribution in [2.45, 2.75) is 4.90 Å². The second-order valence-electron chi connectivity index (χ2n) is 2.76. The Morgan fingerprint density at radius 2 is 2.06 bits per heavy atom. The molecule has 1 aromatic rings. The SMILES string of the molecule is Cl.NCCNS(=O)(=O)c1cc(Cl)ccc1F. The maximum Gasteiger partial charge on any atom is 0.243 e. The summed E-state index contributed by atoms with van der Waals surface area (Å²) < 4.78 is 38.3. The summed E-state index contributed by atoms with van der Waals surface area (Å²) in [4.78, 5) is -0.469. The van der Waals surface area contributed by atoms with Crippen LogP contribution < -0.4 is 10.5 Å². The number of nitrogens with two attached hydrogens (primary N) is 1. The van der Waals surface area contributed by atoms with Crippen LogP contribution in [0.25, 0.3) is 0 Å². The first kappa shape index (κ1) is 15.6. The lowest BCUT2D eigenvalue weighted by atomic mass is 10.3. The standard InChI is InChI=1S/C8H10ClFN2O2S.ClH/c9-6-1-2-7(10)8(5-6)15(13,14)12-4-3-11;/h1-2,5,12H,3-4,11H2;1H. The van der Waals surface area contributed by atoms with Gasteiger partial charge in [-0.05, 0) is 18.2 Å². The van der Waals surface area contributed by atoms with Crippen molar-refractivity contribution in [3.63, 3.8) is 0 Å². The van der Waals surface area contributed by atoms with Crippen molar-refractivity contribution >= 4 is 34.0 Å². The van der Waals surface area contributed by atoms with Gasteiger partial charge in [0, 0.05) is 18.1 Å².